The Bertz CT molecular complexity index is 352. The molecule has 0 fully saturated rings. The van der Waals surface area contributed by atoms with E-state index in [1.165, 1.54) is 0 Å². The molecule has 0 heterocycles. The van der Waals surface area contributed by atoms with E-state index >= 15 is 0 Å². The molecule has 0 N–H and O–H groups in total. The lowest BCUT2D eigenvalue weighted by molar-refractivity contribution is 0.0986. The van der Waals surface area contributed by atoms with Gasteiger partial charge in [-0.2, -0.15) is 0 Å². The van der Waals surface area contributed by atoms with Crippen molar-refractivity contribution in [3.8, 4) is 5.75 Å². The van der Waals surface area contributed by atoms with Crippen molar-refractivity contribution in [3.63, 3.8) is 0 Å². The van der Waals surface area contributed by atoms with Gasteiger partial charge >= 0.3 is 0 Å². The van der Waals surface area contributed by atoms with Crippen LogP contribution in [0.4, 0.5) is 0 Å². The fraction of sp³-hybridized carbons (Fsp3) is 0.364. The molecule has 4 heteroatoms. The van der Waals surface area contributed by atoms with Gasteiger partial charge in [-0.25, -0.2) is 0 Å². The van der Waals surface area contributed by atoms with E-state index < -0.39 is 0 Å². The third kappa shape index (κ3) is 3.21. The van der Waals surface area contributed by atoms with Crippen LogP contribution in [0.25, 0.3) is 0 Å². The predicted octanol–water partition coefficient (Wildman–Crippen LogP) is 3.40. The van der Waals surface area contributed by atoms with Crippen molar-refractivity contribution >= 4 is 33.3 Å². The first-order valence-electron chi connectivity index (χ1n) is 4.55. The molecule has 0 aliphatic rings. The summed E-state index contributed by atoms with van der Waals surface area (Å²) in [6.07, 6.45) is 0.337. The van der Waals surface area contributed by atoms with Crippen molar-refractivity contribution in [1.29, 1.82) is 0 Å². The van der Waals surface area contributed by atoms with Crippen molar-refractivity contribution in [1.82, 2.24) is 0 Å². The molecule has 2 nitrogen and oxygen atoms in total. The standard InChI is InChI=1S/C11H12BrClO2/c1-15-11-3-2-8(7-12)6-9(11)10(14)4-5-13/h2-3,6H,4-5,7H2,1H3. The minimum absolute atomic E-state index is 0.0182. The first-order valence-corrected chi connectivity index (χ1v) is 6.20. The van der Waals surface area contributed by atoms with Crippen LogP contribution in [-0.2, 0) is 5.33 Å². The predicted molar refractivity (Wildman–Crippen MR) is 65.3 cm³/mol. The quantitative estimate of drug-likeness (QED) is 0.614. The number of methoxy groups -OCH3 is 1. The first kappa shape index (κ1) is 12.5. The SMILES string of the molecule is COc1ccc(CBr)cc1C(=O)CCCl. The lowest BCUT2D eigenvalue weighted by atomic mass is 10.1. The Kier molecular flexibility index (Phi) is 5.12. The summed E-state index contributed by atoms with van der Waals surface area (Å²) in [5, 5.41) is 0.720. The van der Waals surface area contributed by atoms with E-state index in [2.05, 4.69) is 15.9 Å². The molecule has 0 aliphatic carbocycles. The number of Topliss-reactive ketones (excluding diaryl/α,β-unsaturated/α-hetero) is 1. The third-order valence-electron chi connectivity index (χ3n) is 2.04. The Labute approximate surface area is 103 Å². The molecule has 0 amide bonds. The number of rotatable bonds is 5. The molecule has 1 rings (SSSR count). The van der Waals surface area contributed by atoms with Gasteiger partial charge in [0.25, 0.3) is 0 Å². The third-order valence-corrected chi connectivity index (χ3v) is 2.88. The van der Waals surface area contributed by atoms with Crippen LogP contribution in [0.3, 0.4) is 0 Å². The molecule has 0 bridgehead atoms. The maximum atomic E-state index is 11.7. The van der Waals surface area contributed by atoms with Crippen molar-refractivity contribution in [2.24, 2.45) is 0 Å². The Hall–Kier alpha value is -0.540. The fourth-order valence-electron chi connectivity index (χ4n) is 1.28. The van der Waals surface area contributed by atoms with Gasteiger partial charge < -0.3 is 4.74 Å². The molecule has 0 unspecified atom stereocenters. The Balaban J connectivity index is 3.05. The summed E-state index contributed by atoms with van der Waals surface area (Å²) in [6, 6.07) is 5.56. The normalized spacial score (nSPS) is 10.1. The lowest BCUT2D eigenvalue weighted by Crippen LogP contribution is -2.03. The summed E-state index contributed by atoms with van der Waals surface area (Å²) < 4.78 is 5.13. The zero-order valence-electron chi connectivity index (χ0n) is 8.43. The number of benzene rings is 1. The molecule has 1 aromatic carbocycles. The summed E-state index contributed by atoms with van der Waals surface area (Å²) in [7, 11) is 1.56. The van der Waals surface area contributed by atoms with E-state index in [1.807, 2.05) is 12.1 Å². The zero-order chi connectivity index (χ0) is 11.3. The Morgan fingerprint density at radius 1 is 1.53 bits per heavy atom. The van der Waals surface area contributed by atoms with Crippen molar-refractivity contribution in [2.75, 3.05) is 13.0 Å². The number of alkyl halides is 2. The molecule has 0 radical (unpaired) electrons. The molecule has 0 atom stereocenters. The van der Waals surface area contributed by atoms with Gasteiger partial charge in [0.05, 0.1) is 12.7 Å². The van der Waals surface area contributed by atoms with Gasteiger partial charge in [-0.15, -0.1) is 11.6 Å². The topological polar surface area (TPSA) is 26.3 Å². The first-order chi connectivity index (χ1) is 7.22. The zero-order valence-corrected chi connectivity index (χ0v) is 10.8. The van der Waals surface area contributed by atoms with Gasteiger partial charge in [-0.1, -0.05) is 22.0 Å². The van der Waals surface area contributed by atoms with Gasteiger partial charge in [-0.05, 0) is 17.7 Å². The fourth-order valence-corrected chi connectivity index (χ4v) is 1.80. The van der Waals surface area contributed by atoms with Crippen LogP contribution >= 0.6 is 27.5 Å². The molecule has 1 aromatic rings. The molecule has 0 aliphatic heterocycles. The summed E-state index contributed by atoms with van der Waals surface area (Å²) in [5.74, 6) is 0.958. The van der Waals surface area contributed by atoms with Crippen LogP contribution in [-0.4, -0.2) is 18.8 Å². The number of hydrogen-bond donors (Lipinski definition) is 0. The summed E-state index contributed by atoms with van der Waals surface area (Å²) in [5.41, 5.74) is 1.66. The van der Waals surface area contributed by atoms with E-state index in [1.54, 1.807) is 13.2 Å². The summed E-state index contributed by atoms with van der Waals surface area (Å²) in [6.45, 7) is 0. The van der Waals surface area contributed by atoms with Crippen LogP contribution < -0.4 is 4.74 Å². The number of halogens is 2. The van der Waals surface area contributed by atoms with Crippen LogP contribution in [0.5, 0.6) is 5.75 Å². The highest BCUT2D eigenvalue weighted by Gasteiger charge is 2.12. The van der Waals surface area contributed by atoms with Crippen molar-refractivity contribution in [2.45, 2.75) is 11.8 Å². The van der Waals surface area contributed by atoms with E-state index in [-0.39, 0.29) is 5.78 Å². The molecule has 0 spiro atoms. The highest BCUT2D eigenvalue weighted by atomic mass is 79.9. The van der Waals surface area contributed by atoms with Crippen LogP contribution in [0.1, 0.15) is 22.3 Å². The molecule has 82 valence electrons. The second kappa shape index (κ2) is 6.13. The molecule has 0 aromatic heterocycles. The average Bonchev–Trinajstić information content (AvgIpc) is 2.28. The van der Waals surface area contributed by atoms with Gasteiger partial charge in [0.1, 0.15) is 5.75 Å². The van der Waals surface area contributed by atoms with E-state index in [0.29, 0.717) is 23.6 Å². The highest BCUT2D eigenvalue weighted by Crippen LogP contribution is 2.22. The van der Waals surface area contributed by atoms with E-state index in [9.17, 15) is 4.79 Å². The number of ketones is 1. The number of carbonyl (C=O) groups excluding carboxylic acids is 1. The monoisotopic (exact) mass is 290 g/mol. The maximum absolute atomic E-state index is 11.7. The Morgan fingerprint density at radius 3 is 2.80 bits per heavy atom. The van der Waals surface area contributed by atoms with Gasteiger partial charge in [-0.3, -0.25) is 4.79 Å². The lowest BCUT2D eigenvalue weighted by Gasteiger charge is -2.08. The number of hydrogen-bond acceptors (Lipinski definition) is 2. The van der Waals surface area contributed by atoms with Crippen LogP contribution in [0.15, 0.2) is 18.2 Å². The second-order valence-electron chi connectivity index (χ2n) is 3.03. The highest BCUT2D eigenvalue weighted by molar-refractivity contribution is 9.08. The minimum atomic E-state index is 0.0182. The minimum Gasteiger partial charge on any atom is -0.496 e. The van der Waals surface area contributed by atoms with Gasteiger partial charge in [0.15, 0.2) is 5.78 Å². The molecule has 0 saturated heterocycles. The number of ether oxygens (including phenoxy) is 1. The van der Waals surface area contributed by atoms with Crippen molar-refractivity contribution in [3.05, 3.63) is 29.3 Å². The van der Waals surface area contributed by atoms with Crippen LogP contribution in [0.2, 0.25) is 0 Å². The summed E-state index contributed by atoms with van der Waals surface area (Å²) in [4.78, 5) is 11.7. The summed E-state index contributed by atoms with van der Waals surface area (Å²) >= 11 is 8.89. The molecular formula is C11H12BrClO2. The largest absolute Gasteiger partial charge is 0.496 e. The van der Waals surface area contributed by atoms with Gasteiger partial charge in [0, 0.05) is 17.6 Å². The molecule has 15 heavy (non-hydrogen) atoms. The maximum Gasteiger partial charge on any atom is 0.167 e. The Morgan fingerprint density at radius 2 is 2.27 bits per heavy atom. The van der Waals surface area contributed by atoms with Gasteiger partial charge in [0.2, 0.25) is 0 Å². The number of carbonyl (C=O) groups is 1. The second-order valence-corrected chi connectivity index (χ2v) is 3.97. The van der Waals surface area contributed by atoms with E-state index in [0.717, 1.165) is 10.9 Å². The van der Waals surface area contributed by atoms with Crippen molar-refractivity contribution < 1.29 is 9.53 Å². The molecular weight excluding hydrogens is 279 g/mol. The average molecular weight is 292 g/mol. The molecule has 0 saturated carbocycles. The van der Waals surface area contributed by atoms with Crippen LogP contribution in [0, 0.1) is 0 Å². The smallest absolute Gasteiger partial charge is 0.167 e. The van der Waals surface area contributed by atoms with E-state index in [4.69, 9.17) is 16.3 Å².